The summed E-state index contributed by atoms with van der Waals surface area (Å²) >= 11 is 1.21. The molecule has 30 heavy (non-hydrogen) atoms. The van der Waals surface area contributed by atoms with Crippen LogP contribution in [0.25, 0.3) is 11.1 Å². The highest BCUT2D eigenvalue weighted by molar-refractivity contribution is 7.93. The van der Waals surface area contributed by atoms with Crippen LogP contribution < -0.4 is 10.0 Å². The van der Waals surface area contributed by atoms with Crippen LogP contribution in [-0.4, -0.2) is 29.5 Å². The van der Waals surface area contributed by atoms with E-state index < -0.39 is 15.6 Å². The van der Waals surface area contributed by atoms with Gasteiger partial charge in [0.25, 0.3) is 5.91 Å². The lowest BCUT2D eigenvalue weighted by molar-refractivity contribution is 0.0910. The predicted molar refractivity (Wildman–Crippen MR) is 118 cm³/mol. The summed E-state index contributed by atoms with van der Waals surface area (Å²) < 4.78 is 26.7. The van der Waals surface area contributed by atoms with Gasteiger partial charge in [0.15, 0.2) is 5.13 Å². The van der Waals surface area contributed by atoms with Crippen molar-refractivity contribution in [1.29, 1.82) is 0 Å². The van der Waals surface area contributed by atoms with Gasteiger partial charge in [-0.05, 0) is 56.0 Å². The molecule has 0 saturated heterocycles. The Morgan fingerprint density at radius 1 is 1.13 bits per heavy atom. The van der Waals surface area contributed by atoms with Crippen molar-refractivity contribution < 1.29 is 13.2 Å². The fourth-order valence-corrected chi connectivity index (χ4v) is 5.43. The molecule has 1 aliphatic rings. The predicted octanol–water partition coefficient (Wildman–Crippen LogP) is 3.77. The van der Waals surface area contributed by atoms with E-state index in [2.05, 4.69) is 20.0 Å². The summed E-state index contributed by atoms with van der Waals surface area (Å²) in [6.07, 6.45) is 4.87. The Balaban J connectivity index is 1.44. The second-order valence-electron chi connectivity index (χ2n) is 7.78. The number of hydrogen-bond acceptors (Lipinski definition) is 6. The topological polar surface area (TPSA) is 101 Å². The fraction of sp³-hybridized carbons (Fsp3) is 0.286. The van der Waals surface area contributed by atoms with Gasteiger partial charge in [-0.15, -0.1) is 11.3 Å². The maximum Gasteiger partial charge on any atom is 0.252 e. The van der Waals surface area contributed by atoms with Crippen LogP contribution in [0.3, 0.4) is 0 Å². The van der Waals surface area contributed by atoms with Crippen molar-refractivity contribution in [3.8, 4) is 11.1 Å². The van der Waals surface area contributed by atoms with Gasteiger partial charge < -0.3 is 5.32 Å². The molecule has 2 aromatic heterocycles. The van der Waals surface area contributed by atoms with Gasteiger partial charge in [-0.25, -0.2) is 13.4 Å². The first-order valence-electron chi connectivity index (χ1n) is 9.55. The van der Waals surface area contributed by atoms with Crippen molar-refractivity contribution in [1.82, 2.24) is 15.3 Å². The standard InChI is InChI=1S/C21H22N4O3S2/c1-21(2,18-13-29-20(23-18)25-30(27,28)17-9-10-17)24-19(26)15-7-5-14(6-8-15)16-4-3-11-22-12-16/h3-8,11-13,17H,9-10H2,1-2H3,(H,23,25)(H,24,26). The van der Waals surface area contributed by atoms with Gasteiger partial charge >= 0.3 is 0 Å². The first kappa shape index (κ1) is 20.5. The van der Waals surface area contributed by atoms with Crippen LogP contribution in [0, 0.1) is 0 Å². The molecule has 0 spiro atoms. The molecule has 2 N–H and O–H groups in total. The van der Waals surface area contributed by atoms with Gasteiger partial charge in [0, 0.05) is 23.3 Å². The van der Waals surface area contributed by atoms with Gasteiger partial charge in [0.05, 0.1) is 16.5 Å². The van der Waals surface area contributed by atoms with E-state index in [0.29, 0.717) is 29.2 Å². The molecule has 0 unspecified atom stereocenters. The molecule has 2 heterocycles. The minimum atomic E-state index is -3.36. The summed E-state index contributed by atoms with van der Waals surface area (Å²) in [6, 6.07) is 11.1. The number of hydrogen-bond donors (Lipinski definition) is 2. The molecule has 1 saturated carbocycles. The molecule has 7 nitrogen and oxygen atoms in total. The number of nitrogens with one attached hydrogen (secondary N) is 2. The second kappa shape index (κ2) is 7.81. The Kier molecular flexibility index (Phi) is 5.33. The Hall–Kier alpha value is -2.78. The SMILES string of the molecule is CC(C)(NC(=O)c1ccc(-c2cccnc2)cc1)c1csc(NS(=O)(=O)C2CC2)n1. The second-order valence-corrected chi connectivity index (χ2v) is 10.6. The number of nitrogens with zero attached hydrogens (tertiary/aromatic N) is 2. The normalized spacial score (nSPS) is 14.3. The molecule has 156 valence electrons. The summed E-state index contributed by atoms with van der Waals surface area (Å²) in [5.74, 6) is -0.231. The van der Waals surface area contributed by atoms with E-state index in [1.54, 1.807) is 29.9 Å². The number of benzene rings is 1. The number of carbonyl (C=O) groups excluding carboxylic acids is 1. The number of carbonyl (C=O) groups is 1. The largest absolute Gasteiger partial charge is 0.341 e. The van der Waals surface area contributed by atoms with Gasteiger partial charge in [-0.2, -0.15) is 0 Å². The van der Waals surface area contributed by atoms with Crippen molar-refractivity contribution in [3.05, 3.63) is 65.4 Å². The smallest absolute Gasteiger partial charge is 0.252 e. The first-order chi connectivity index (χ1) is 14.2. The van der Waals surface area contributed by atoms with Gasteiger partial charge in [-0.1, -0.05) is 18.2 Å². The van der Waals surface area contributed by atoms with Gasteiger partial charge in [-0.3, -0.25) is 14.5 Å². The summed E-state index contributed by atoms with van der Waals surface area (Å²) in [4.78, 5) is 21.2. The van der Waals surface area contributed by atoms with Crippen LogP contribution in [0.5, 0.6) is 0 Å². The molecule has 3 aromatic rings. The Morgan fingerprint density at radius 3 is 2.50 bits per heavy atom. The Morgan fingerprint density at radius 2 is 1.87 bits per heavy atom. The van der Waals surface area contributed by atoms with E-state index in [1.807, 2.05) is 38.1 Å². The van der Waals surface area contributed by atoms with E-state index in [4.69, 9.17) is 0 Å². The Labute approximate surface area is 179 Å². The molecular formula is C21H22N4O3S2. The molecule has 1 aliphatic carbocycles. The highest BCUT2D eigenvalue weighted by atomic mass is 32.2. The van der Waals surface area contributed by atoms with E-state index in [9.17, 15) is 13.2 Å². The van der Waals surface area contributed by atoms with E-state index in [-0.39, 0.29) is 11.2 Å². The number of thiazole rings is 1. The van der Waals surface area contributed by atoms with Gasteiger partial charge in [0.2, 0.25) is 10.0 Å². The minimum Gasteiger partial charge on any atom is -0.341 e. The maximum absolute atomic E-state index is 12.8. The van der Waals surface area contributed by atoms with E-state index >= 15 is 0 Å². The average molecular weight is 443 g/mol. The zero-order valence-corrected chi connectivity index (χ0v) is 18.3. The highest BCUT2D eigenvalue weighted by Gasteiger charge is 2.36. The summed E-state index contributed by atoms with van der Waals surface area (Å²) in [5, 5.41) is 4.74. The molecule has 0 radical (unpaired) electrons. The van der Waals surface area contributed by atoms with Crippen molar-refractivity contribution in [2.75, 3.05) is 4.72 Å². The molecule has 0 atom stereocenters. The minimum absolute atomic E-state index is 0.231. The van der Waals surface area contributed by atoms with Crippen LogP contribution in [-0.2, 0) is 15.6 Å². The monoisotopic (exact) mass is 442 g/mol. The number of aromatic nitrogens is 2. The lowest BCUT2D eigenvalue weighted by Gasteiger charge is -2.24. The molecule has 1 fully saturated rings. The maximum atomic E-state index is 12.8. The number of sulfonamides is 1. The van der Waals surface area contributed by atoms with Crippen LogP contribution in [0.1, 0.15) is 42.7 Å². The molecule has 1 aromatic carbocycles. The van der Waals surface area contributed by atoms with Crippen LogP contribution >= 0.6 is 11.3 Å². The van der Waals surface area contributed by atoms with Crippen LogP contribution in [0.2, 0.25) is 0 Å². The third-order valence-corrected chi connectivity index (χ3v) is 7.62. The zero-order valence-electron chi connectivity index (χ0n) is 16.6. The zero-order chi connectivity index (χ0) is 21.4. The van der Waals surface area contributed by atoms with Crippen molar-refractivity contribution in [2.45, 2.75) is 37.5 Å². The third kappa shape index (κ3) is 4.52. The highest BCUT2D eigenvalue weighted by Crippen LogP contribution is 2.32. The van der Waals surface area contributed by atoms with Crippen LogP contribution in [0.15, 0.2) is 54.2 Å². The molecule has 9 heteroatoms. The number of rotatable bonds is 7. The molecule has 0 aliphatic heterocycles. The van der Waals surface area contributed by atoms with Crippen molar-refractivity contribution in [3.63, 3.8) is 0 Å². The number of anilines is 1. The van der Waals surface area contributed by atoms with E-state index in [0.717, 1.165) is 11.1 Å². The number of amides is 1. The van der Waals surface area contributed by atoms with Crippen LogP contribution in [0.4, 0.5) is 5.13 Å². The quantitative estimate of drug-likeness (QED) is 0.580. The lowest BCUT2D eigenvalue weighted by atomic mass is 10.0. The number of pyridine rings is 1. The molecule has 4 rings (SSSR count). The third-order valence-electron chi connectivity index (χ3n) is 4.91. The van der Waals surface area contributed by atoms with E-state index in [1.165, 1.54) is 11.3 Å². The molecular weight excluding hydrogens is 420 g/mol. The fourth-order valence-electron chi connectivity index (χ4n) is 2.96. The lowest BCUT2D eigenvalue weighted by Crippen LogP contribution is -2.41. The van der Waals surface area contributed by atoms with Gasteiger partial charge in [0.1, 0.15) is 0 Å². The van der Waals surface area contributed by atoms with Crippen molar-refractivity contribution >= 4 is 32.4 Å². The summed E-state index contributed by atoms with van der Waals surface area (Å²) in [7, 11) is -3.36. The molecule has 1 amide bonds. The molecule has 0 bridgehead atoms. The Bertz CT molecular complexity index is 1150. The van der Waals surface area contributed by atoms with Crippen molar-refractivity contribution in [2.24, 2.45) is 0 Å². The summed E-state index contributed by atoms with van der Waals surface area (Å²) in [6.45, 7) is 3.67. The first-order valence-corrected chi connectivity index (χ1v) is 12.0. The summed E-state index contributed by atoms with van der Waals surface area (Å²) in [5.41, 5.74) is 2.32. The average Bonchev–Trinajstić information content (AvgIpc) is 3.49.